The number of thioether (sulfide) groups is 1. The van der Waals surface area contributed by atoms with Crippen LogP contribution in [0.25, 0.3) is 0 Å². The Kier molecular flexibility index (Phi) is 7.89. The second kappa shape index (κ2) is 9.25. The van der Waals surface area contributed by atoms with Gasteiger partial charge in [0.05, 0.1) is 5.75 Å². The minimum absolute atomic E-state index is 0.0741. The Balaban J connectivity index is 2.10. The third kappa shape index (κ3) is 6.89. The van der Waals surface area contributed by atoms with E-state index in [4.69, 9.17) is 16.3 Å². The summed E-state index contributed by atoms with van der Waals surface area (Å²) in [7, 11) is 1.66. The maximum Gasteiger partial charge on any atom is 0.230 e. The number of carbonyl (C=O) groups is 1. The van der Waals surface area contributed by atoms with Crippen molar-refractivity contribution >= 4 is 29.3 Å². The molecule has 1 rings (SSSR count). The van der Waals surface area contributed by atoms with Crippen molar-refractivity contribution in [3.05, 3.63) is 34.9 Å². The molecule has 0 heterocycles. The fourth-order valence-corrected chi connectivity index (χ4v) is 2.28. The van der Waals surface area contributed by atoms with Gasteiger partial charge in [0.2, 0.25) is 5.91 Å². The summed E-state index contributed by atoms with van der Waals surface area (Å²) in [6.07, 6.45) is 0.851. The van der Waals surface area contributed by atoms with Gasteiger partial charge in [-0.25, -0.2) is 0 Å². The molecule has 0 unspecified atom stereocenters. The van der Waals surface area contributed by atoms with Gasteiger partial charge in [-0.2, -0.15) is 0 Å². The number of halogens is 1. The van der Waals surface area contributed by atoms with Crippen LogP contribution in [0.4, 0.5) is 0 Å². The molecule has 0 aliphatic rings. The van der Waals surface area contributed by atoms with Crippen LogP contribution in [0.3, 0.4) is 0 Å². The normalized spacial score (nSPS) is 10.3. The van der Waals surface area contributed by atoms with Crippen LogP contribution >= 0.6 is 23.4 Å². The Morgan fingerprint density at radius 2 is 2.11 bits per heavy atom. The van der Waals surface area contributed by atoms with Gasteiger partial charge in [0.15, 0.2) is 0 Å². The van der Waals surface area contributed by atoms with Crippen LogP contribution in [0.15, 0.2) is 24.3 Å². The number of hydrogen-bond acceptors (Lipinski definition) is 3. The van der Waals surface area contributed by atoms with Crippen molar-refractivity contribution in [2.24, 2.45) is 0 Å². The van der Waals surface area contributed by atoms with Gasteiger partial charge >= 0.3 is 0 Å². The van der Waals surface area contributed by atoms with E-state index in [0.29, 0.717) is 18.9 Å². The van der Waals surface area contributed by atoms with Crippen molar-refractivity contribution in [2.45, 2.75) is 12.2 Å². The van der Waals surface area contributed by atoms with E-state index in [1.807, 2.05) is 24.3 Å². The van der Waals surface area contributed by atoms with E-state index in [1.54, 1.807) is 18.9 Å². The smallest absolute Gasteiger partial charge is 0.230 e. The zero-order valence-corrected chi connectivity index (χ0v) is 12.0. The molecule has 18 heavy (non-hydrogen) atoms. The summed E-state index contributed by atoms with van der Waals surface area (Å²) in [5, 5.41) is 3.59. The third-order valence-electron chi connectivity index (χ3n) is 2.26. The van der Waals surface area contributed by atoms with Gasteiger partial charge in [0.1, 0.15) is 0 Å². The molecule has 0 bridgehead atoms. The molecule has 0 aliphatic heterocycles. The number of nitrogens with one attached hydrogen (secondary N) is 1. The molecule has 0 atom stereocenters. The summed E-state index contributed by atoms with van der Waals surface area (Å²) in [6.45, 7) is 1.35. The van der Waals surface area contributed by atoms with Gasteiger partial charge in [0.25, 0.3) is 0 Å². The van der Waals surface area contributed by atoms with Crippen LogP contribution in [-0.4, -0.2) is 31.9 Å². The second-order valence-electron chi connectivity index (χ2n) is 3.82. The highest BCUT2D eigenvalue weighted by atomic mass is 35.5. The summed E-state index contributed by atoms with van der Waals surface area (Å²) < 4.78 is 4.90. The number of carbonyl (C=O) groups excluding carboxylic acids is 1. The number of hydrogen-bond donors (Lipinski definition) is 1. The lowest BCUT2D eigenvalue weighted by Crippen LogP contribution is -2.26. The van der Waals surface area contributed by atoms with Crippen molar-refractivity contribution in [3.8, 4) is 0 Å². The molecule has 5 heteroatoms. The molecule has 3 nitrogen and oxygen atoms in total. The highest BCUT2D eigenvalue weighted by Gasteiger charge is 2.01. The van der Waals surface area contributed by atoms with E-state index in [-0.39, 0.29) is 5.91 Å². The monoisotopic (exact) mass is 287 g/mol. The molecule has 1 aromatic rings. The molecule has 0 aliphatic carbocycles. The average Bonchev–Trinajstić information content (AvgIpc) is 2.37. The standard InChI is InChI=1S/C13H18ClNO2S/c1-17-8-2-7-15-13(16)10-18-9-11-3-5-12(14)6-4-11/h3-6H,2,7-10H2,1H3,(H,15,16). The lowest BCUT2D eigenvalue weighted by Gasteiger charge is -2.05. The summed E-state index contributed by atoms with van der Waals surface area (Å²) >= 11 is 7.40. The summed E-state index contributed by atoms with van der Waals surface area (Å²) in [4.78, 5) is 11.5. The molecule has 0 saturated carbocycles. The van der Waals surface area contributed by atoms with Crippen LogP contribution in [-0.2, 0) is 15.3 Å². The van der Waals surface area contributed by atoms with Gasteiger partial charge < -0.3 is 10.1 Å². The first-order chi connectivity index (χ1) is 8.72. The largest absolute Gasteiger partial charge is 0.385 e. The summed E-state index contributed by atoms with van der Waals surface area (Å²) in [5.41, 5.74) is 1.18. The second-order valence-corrected chi connectivity index (χ2v) is 5.24. The number of amides is 1. The van der Waals surface area contributed by atoms with Gasteiger partial charge in [0, 0.05) is 31.0 Å². The molecule has 1 aromatic carbocycles. The van der Waals surface area contributed by atoms with E-state index in [0.717, 1.165) is 17.2 Å². The molecule has 0 aromatic heterocycles. The lowest BCUT2D eigenvalue weighted by atomic mass is 10.2. The molecule has 0 radical (unpaired) electrons. The molecule has 0 fully saturated rings. The zero-order valence-electron chi connectivity index (χ0n) is 10.4. The minimum Gasteiger partial charge on any atom is -0.385 e. The Bertz CT molecular complexity index is 357. The van der Waals surface area contributed by atoms with Crippen LogP contribution in [0.5, 0.6) is 0 Å². The van der Waals surface area contributed by atoms with Gasteiger partial charge in [-0.15, -0.1) is 11.8 Å². The topological polar surface area (TPSA) is 38.3 Å². The lowest BCUT2D eigenvalue weighted by molar-refractivity contribution is -0.118. The molecule has 1 N–H and O–H groups in total. The zero-order chi connectivity index (χ0) is 13.2. The Morgan fingerprint density at radius 1 is 1.39 bits per heavy atom. The third-order valence-corrected chi connectivity index (χ3v) is 3.52. The number of benzene rings is 1. The van der Waals surface area contributed by atoms with Gasteiger partial charge in [-0.1, -0.05) is 23.7 Å². The van der Waals surface area contributed by atoms with Crippen molar-refractivity contribution in [2.75, 3.05) is 26.0 Å². The number of ether oxygens (including phenoxy) is 1. The Labute approximate surface area is 117 Å². The molecule has 1 amide bonds. The molecular formula is C13H18ClNO2S. The molecule has 0 saturated heterocycles. The Hall–Kier alpha value is -0.710. The van der Waals surface area contributed by atoms with E-state index >= 15 is 0 Å². The van der Waals surface area contributed by atoms with Crippen molar-refractivity contribution in [1.82, 2.24) is 5.32 Å². The first-order valence-corrected chi connectivity index (χ1v) is 7.33. The van der Waals surface area contributed by atoms with Crippen LogP contribution in [0, 0.1) is 0 Å². The molecular weight excluding hydrogens is 270 g/mol. The first kappa shape index (κ1) is 15.3. The molecule has 100 valence electrons. The van der Waals surface area contributed by atoms with E-state index in [9.17, 15) is 4.79 Å². The number of rotatable bonds is 8. The highest BCUT2D eigenvalue weighted by Crippen LogP contribution is 2.15. The Morgan fingerprint density at radius 3 is 2.78 bits per heavy atom. The van der Waals surface area contributed by atoms with Crippen molar-refractivity contribution < 1.29 is 9.53 Å². The fraction of sp³-hybridized carbons (Fsp3) is 0.462. The quantitative estimate of drug-likeness (QED) is 0.747. The van der Waals surface area contributed by atoms with Crippen LogP contribution in [0.1, 0.15) is 12.0 Å². The SMILES string of the molecule is COCCCNC(=O)CSCc1ccc(Cl)cc1. The summed E-state index contributed by atoms with van der Waals surface area (Å²) in [5.74, 6) is 1.38. The number of methoxy groups -OCH3 is 1. The van der Waals surface area contributed by atoms with Gasteiger partial charge in [-0.05, 0) is 24.1 Å². The first-order valence-electron chi connectivity index (χ1n) is 5.80. The maximum atomic E-state index is 11.5. The van der Waals surface area contributed by atoms with Crippen molar-refractivity contribution in [3.63, 3.8) is 0 Å². The van der Waals surface area contributed by atoms with Crippen LogP contribution in [0.2, 0.25) is 5.02 Å². The molecule has 0 spiro atoms. The van der Waals surface area contributed by atoms with E-state index in [2.05, 4.69) is 5.32 Å². The highest BCUT2D eigenvalue weighted by molar-refractivity contribution is 7.99. The fourth-order valence-electron chi connectivity index (χ4n) is 1.34. The summed E-state index contributed by atoms with van der Waals surface area (Å²) in [6, 6.07) is 7.68. The average molecular weight is 288 g/mol. The minimum atomic E-state index is 0.0741. The van der Waals surface area contributed by atoms with E-state index < -0.39 is 0 Å². The predicted octanol–water partition coefficient (Wildman–Crippen LogP) is 2.73. The predicted molar refractivity (Wildman–Crippen MR) is 77.1 cm³/mol. The van der Waals surface area contributed by atoms with Crippen LogP contribution < -0.4 is 5.32 Å². The van der Waals surface area contributed by atoms with E-state index in [1.165, 1.54) is 5.56 Å². The van der Waals surface area contributed by atoms with Gasteiger partial charge in [-0.3, -0.25) is 4.79 Å². The maximum absolute atomic E-state index is 11.5. The van der Waals surface area contributed by atoms with Crippen molar-refractivity contribution in [1.29, 1.82) is 0 Å².